The summed E-state index contributed by atoms with van der Waals surface area (Å²) in [6.07, 6.45) is 2.28. The maximum atomic E-state index is 12.1. The van der Waals surface area contributed by atoms with Crippen LogP contribution < -0.4 is 5.32 Å². The van der Waals surface area contributed by atoms with Crippen LogP contribution in [-0.4, -0.2) is 61.6 Å². The maximum absolute atomic E-state index is 12.1. The first kappa shape index (κ1) is 20.4. The van der Waals surface area contributed by atoms with Gasteiger partial charge in [-0.2, -0.15) is 0 Å². The summed E-state index contributed by atoms with van der Waals surface area (Å²) < 4.78 is 10.5. The number of hydrogen-bond acceptors (Lipinski definition) is 7. The van der Waals surface area contributed by atoms with Crippen molar-refractivity contribution in [3.05, 3.63) is 29.3 Å². The molecular weight excluding hydrogens is 382 g/mol. The van der Waals surface area contributed by atoms with Gasteiger partial charge in [0.2, 0.25) is 5.91 Å². The molecule has 3 rings (SSSR count). The smallest absolute Gasteiger partial charge is 0.230 e. The average molecular weight is 410 g/mol. The lowest BCUT2D eigenvalue weighted by Gasteiger charge is -2.31. The van der Waals surface area contributed by atoms with E-state index >= 15 is 0 Å². The molecule has 1 aliphatic heterocycles. The summed E-state index contributed by atoms with van der Waals surface area (Å²) in [6, 6.07) is 5.95. The van der Waals surface area contributed by atoms with Crippen molar-refractivity contribution in [2.45, 2.75) is 18.6 Å². The summed E-state index contributed by atoms with van der Waals surface area (Å²) in [5, 5.41) is 9.18. The first-order chi connectivity index (χ1) is 13.2. The Hall–Kier alpha value is -1.35. The SMILES string of the molecule is COCCN1CCC(CNC(=O)CSCc2cc(-c3cccs3)on2)CC1. The minimum absolute atomic E-state index is 0.101. The number of amides is 1. The highest BCUT2D eigenvalue weighted by Gasteiger charge is 2.19. The molecule has 0 radical (unpaired) electrons. The van der Waals surface area contributed by atoms with E-state index in [0.29, 0.717) is 17.4 Å². The van der Waals surface area contributed by atoms with Crippen LogP contribution in [0.25, 0.3) is 10.6 Å². The second-order valence-corrected chi connectivity index (χ2v) is 8.67. The number of hydrogen-bond donors (Lipinski definition) is 1. The molecule has 1 amide bonds. The van der Waals surface area contributed by atoms with E-state index in [9.17, 15) is 4.79 Å². The summed E-state index contributed by atoms with van der Waals surface area (Å²) in [5.74, 6) is 2.61. The van der Waals surface area contributed by atoms with Gasteiger partial charge in [-0.15, -0.1) is 23.1 Å². The molecule has 0 atom stereocenters. The number of methoxy groups -OCH3 is 1. The Kier molecular flexibility index (Phi) is 8.19. The third-order valence-corrected chi connectivity index (χ3v) is 6.56. The molecule has 0 saturated carbocycles. The number of thiophene rings is 1. The van der Waals surface area contributed by atoms with Crippen LogP contribution in [0.1, 0.15) is 18.5 Å². The molecule has 1 aliphatic rings. The molecular formula is C19H27N3O3S2. The van der Waals surface area contributed by atoms with Gasteiger partial charge >= 0.3 is 0 Å². The fourth-order valence-electron chi connectivity index (χ4n) is 3.11. The van der Waals surface area contributed by atoms with Crippen molar-refractivity contribution in [1.29, 1.82) is 0 Å². The van der Waals surface area contributed by atoms with Gasteiger partial charge < -0.3 is 19.5 Å². The van der Waals surface area contributed by atoms with E-state index < -0.39 is 0 Å². The zero-order valence-corrected chi connectivity index (χ0v) is 17.3. The van der Waals surface area contributed by atoms with Crippen molar-refractivity contribution in [2.24, 2.45) is 5.92 Å². The number of ether oxygens (including phenoxy) is 1. The fourth-order valence-corrected chi connectivity index (χ4v) is 4.51. The van der Waals surface area contributed by atoms with Crippen molar-refractivity contribution < 1.29 is 14.1 Å². The number of rotatable bonds is 10. The van der Waals surface area contributed by atoms with Crippen LogP contribution >= 0.6 is 23.1 Å². The van der Waals surface area contributed by atoms with Crippen molar-refractivity contribution >= 4 is 29.0 Å². The highest BCUT2D eigenvalue weighted by molar-refractivity contribution is 7.99. The third-order valence-electron chi connectivity index (χ3n) is 4.71. The summed E-state index contributed by atoms with van der Waals surface area (Å²) >= 11 is 3.20. The summed E-state index contributed by atoms with van der Waals surface area (Å²) in [7, 11) is 1.74. The number of carbonyl (C=O) groups excluding carboxylic acids is 1. The molecule has 0 aromatic carbocycles. The number of nitrogens with zero attached hydrogens (tertiary/aromatic N) is 2. The van der Waals surface area contributed by atoms with E-state index in [4.69, 9.17) is 9.26 Å². The molecule has 148 valence electrons. The van der Waals surface area contributed by atoms with E-state index in [0.717, 1.165) is 62.0 Å². The molecule has 0 bridgehead atoms. The number of likely N-dealkylation sites (tertiary alicyclic amines) is 1. The molecule has 1 N–H and O–H groups in total. The lowest BCUT2D eigenvalue weighted by Crippen LogP contribution is -2.40. The quantitative estimate of drug-likeness (QED) is 0.650. The molecule has 1 saturated heterocycles. The Balaban J connectivity index is 1.28. The maximum Gasteiger partial charge on any atom is 0.230 e. The van der Waals surface area contributed by atoms with Gasteiger partial charge in [-0.1, -0.05) is 11.2 Å². The van der Waals surface area contributed by atoms with Gasteiger partial charge in [-0.05, 0) is 43.3 Å². The first-order valence-corrected chi connectivity index (χ1v) is 11.3. The van der Waals surface area contributed by atoms with Gasteiger partial charge in [0, 0.05) is 32.0 Å². The monoisotopic (exact) mass is 409 g/mol. The third kappa shape index (κ3) is 6.64. The highest BCUT2D eigenvalue weighted by atomic mass is 32.2. The second kappa shape index (κ2) is 10.8. The Bertz CT molecular complexity index is 682. The molecule has 27 heavy (non-hydrogen) atoms. The molecule has 0 spiro atoms. The topological polar surface area (TPSA) is 67.6 Å². The van der Waals surface area contributed by atoms with Crippen LogP contribution in [0.2, 0.25) is 0 Å². The second-order valence-electron chi connectivity index (χ2n) is 6.73. The Labute approximate surface area is 168 Å². The number of nitrogens with one attached hydrogen (secondary N) is 1. The number of aromatic nitrogens is 1. The molecule has 2 aromatic heterocycles. The molecule has 2 aromatic rings. The van der Waals surface area contributed by atoms with Crippen molar-refractivity contribution in [3.63, 3.8) is 0 Å². The fraction of sp³-hybridized carbons (Fsp3) is 0.579. The largest absolute Gasteiger partial charge is 0.383 e. The minimum atomic E-state index is 0.101. The van der Waals surface area contributed by atoms with Gasteiger partial charge in [0.15, 0.2) is 5.76 Å². The molecule has 6 nitrogen and oxygen atoms in total. The molecule has 0 unspecified atom stereocenters. The van der Waals surface area contributed by atoms with E-state index in [1.165, 1.54) is 0 Å². The highest BCUT2D eigenvalue weighted by Crippen LogP contribution is 2.26. The number of thioether (sulfide) groups is 1. The van der Waals surface area contributed by atoms with Crippen LogP contribution in [-0.2, 0) is 15.3 Å². The zero-order valence-electron chi connectivity index (χ0n) is 15.7. The van der Waals surface area contributed by atoms with Gasteiger partial charge in [-0.25, -0.2) is 0 Å². The molecule has 0 aliphatic carbocycles. The average Bonchev–Trinajstić information content (AvgIpc) is 3.37. The summed E-state index contributed by atoms with van der Waals surface area (Å²) in [4.78, 5) is 15.6. The predicted octanol–water partition coefficient (Wildman–Crippen LogP) is 3.11. The Morgan fingerprint density at radius 2 is 2.33 bits per heavy atom. The van der Waals surface area contributed by atoms with Crippen LogP contribution in [0.4, 0.5) is 0 Å². The first-order valence-electron chi connectivity index (χ1n) is 9.30. The van der Waals surface area contributed by atoms with E-state index in [2.05, 4.69) is 15.4 Å². The lowest BCUT2D eigenvalue weighted by atomic mass is 9.97. The standard InChI is InChI=1S/C19H27N3O3S2/c1-24-9-8-22-6-4-15(5-7-22)12-20-19(23)14-26-13-16-11-17(25-21-16)18-3-2-10-27-18/h2-3,10-11,15H,4-9,12-14H2,1H3,(H,20,23). The lowest BCUT2D eigenvalue weighted by molar-refractivity contribution is -0.118. The van der Waals surface area contributed by atoms with Crippen molar-refractivity contribution in [2.75, 3.05) is 45.6 Å². The number of piperidine rings is 1. The number of carbonyl (C=O) groups is 1. The Morgan fingerprint density at radius 3 is 3.07 bits per heavy atom. The van der Waals surface area contributed by atoms with Crippen LogP contribution in [0, 0.1) is 5.92 Å². The van der Waals surface area contributed by atoms with Crippen LogP contribution in [0.5, 0.6) is 0 Å². The van der Waals surface area contributed by atoms with Gasteiger partial charge in [-0.3, -0.25) is 4.79 Å². The van der Waals surface area contributed by atoms with E-state index in [-0.39, 0.29) is 5.91 Å². The van der Waals surface area contributed by atoms with Gasteiger partial charge in [0.05, 0.1) is 22.9 Å². The molecule has 3 heterocycles. The summed E-state index contributed by atoms with van der Waals surface area (Å²) in [5.41, 5.74) is 0.875. The predicted molar refractivity (Wildman–Crippen MR) is 110 cm³/mol. The minimum Gasteiger partial charge on any atom is -0.383 e. The summed E-state index contributed by atoms with van der Waals surface area (Å²) in [6.45, 7) is 4.76. The van der Waals surface area contributed by atoms with Crippen LogP contribution in [0.15, 0.2) is 28.1 Å². The van der Waals surface area contributed by atoms with Crippen molar-refractivity contribution in [1.82, 2.24) is 15.4 Å². The van der Waals surface area contributed by atoms with Gasteiger partial charge in [0.1, 0.15) is 0 Å². The molecule has 1 fully saturated rings. The van der Waals surface area contributed by atoms with Crippen molar-refractivity contribution in [3.8, 4) is 10.6 Å². The zero-order chi connectivity index (χ0) is 18.9. The van der Waals surface area contributed by atoms with Crippen LogP contribution in [0.3, 0.4) is 0 Å². The normalized spacial score (nSPS) is 15.9. The van der Waals surface area contributed by atoms with E-state index in [1.54, 1.807) is 30.2 Å². The Morgan fingerprint density at radius 1 is 1.48 bits per heavy atom. The van der Waals surface area contributed by atoms with Gasteiger partial charge in [0.25, 0.3) is 0 Å². The van der Waals surface area contributed by atoms with E-state index in [1.807, 2.05) is 23.6 Å². The molecule has 8 heteroatoms.